The number of rotatable bonds is 4. The first-order chi connectivity index (χ1) is 10.2. The summed E-state index contributed by atoms with van der Waals surface area (Å²) in [6, 6.07) is 17.9. The molecular weight excluding hydrogens is 286 g/mol. The first-order valence-corrected chi connectivity index (χ1v) is 6.62. The topological polar surface area (TPSA) is 65.2 Å². The Labute approximate surface area is 127 Å². The summed E-state index contributed by atoms with van der Waals surface area (Å²) in [5.74, 6) is -1.37. The molecule has 2 aromatic carbocycles. The van der Waals surface area contributed by atoms with Crippen molar-refractivity contribution in [3.63, 3.8) is 0 Å². The molecule has 0 aliphatic carbocycles. The van der Waals surface area contributed by atoms with Crippen molar-refractivity contribution in [2.24, 2.45) is 5.10 Å². The van der Waals surface area contributed by atoms with E-state index >= 15 is 0 Å². The molecule has 0 spiro atoms. The molecule has 0 aromatic heterocycles. The van der Waals surface area contributed by atoms with E-state index in [1.807, 2.05) is 18.2 Å². The van der Waals surface area contributed by atoms with Crippen molar-refractivity contribution in [2.45, 2.75) is 5.92 Å². The lowest BCUT2D eigenvalue weighted by Crippen LogP contribution is -2.24. The van der Waals surface area contributed by atoms with Crippen molar-refractivity contribution < 1.29 is 4.79 Å². The Morgan fingerprint density at radius 2 is 1.86 bits per heavy atom. The maximum Gasteiger partial charge on any atom is 0.261 e. The van der Waals surface area contributed by atoms with Gasteiger partial charge in [-0.2, -0.15) is 10.4 Å². The minimum atomic E-state index is -0.894. The Hall–Kier alpha value is -2.64. The van der Waals surface area contributed by atoms with Crippen molar-refractivity contribution >= 4 is 23.7 Å². The highest BCUT2D eigenvalue weighted by Gasteiger charge is 2.19. The van der Waals surface area contributed by atoms with Gasteiger partial charge in [0.05, 0.1) is 12.3 Å². The molecule has 2 aromatic rings. The fraction of sp³-hybridized carbons (Fsp3) is 0.0625. The van der Waals surface area contributed by atoms with E-state index in [4.69, 9.17) is 16.9 Å². The highest BCUT2D eigenvalue weighted by molar-refractivity contribution is 6.33. The number of nitrogens with one attached hydrogen (secondary N) is 1. The molecule has 21 heavy (non-hydrogen) atoms. The van der Waals surface area contributed by atoms with Crippen LogP contribution in [-0.4, -0.2) is 12.1 Å². The maximum absolute atomic E-state index is 12.0. The van der Waals surface area contributed by atoms with Crippen molar-refractivity contribution in [2.75, 3.05) is 0 Å². The Bertz CT molecular complexity index is 692. The predicted molar refractivity (Wildman–Crippen MR) is 82.0 cm³/mol. The van der Waals surface area contributed by atoms with Crippen LogP contribution in [0.25, 0.3) is 0 Å². The molecule has 0 radical (unpaired) electrons. The standard InChI is InChI=1S/C16H12ClN3O/c17-15-9-5-4-8-13(15)11-19-20-16(21)14(10-18)12-6-2-1-3-7-12/h1-9,11,14H,(H,20,21)/b19-11-/t14-/m1/s1. The van der Waals surface area contributed by atoms with Crippen LogP contribution in [0.15, 0.2) is 59.7 Å². The number of halogens is 1. The lowest BCUT2D eigenvalue weighted by molar-refractivity contribution is -0.121. The third-order valence-corrected chi connectivity index (χ3v) is 3.15. The second-order valence-electron chi connectivity index (χ2n) is 4.23. The van der Waals surface area contributed by atoms with Gasteiger partial charge in [0.2, 0.25) is 0 Å². The van der Waals surface area contributed by atoms with Crippen molar-refractivity contribution in [3.05, 3.63) is 70.7 Å². The Balaban J connectivity index is 2.05. The summed E-state index contributed by atoms with van der Waals surface area (Å²) < 4.78 is 0. The lowest BCUT2D eigenvalue weighted by atomic mass is 10.0. The Morgan fingerprint density at radius 3 is 2.52 bits per heavy atom. The van der Waals surface area contributed by atoms with Crippen LogP contribution in [0.2, 0.25) is 5.02 Å². The number of carbonyl (C=O) groups is 1. The maximum atomic E-state index is 12.0. The molecule has 1 N–H and O–H groups in total. The number of carbonyl (C=O) groups excluding carboxylic acids is 1. The number of hydrazone groups is 1. The molecule has 0 bridgehead atoms. The Kier molecular flexibility index (Phi) is 5.08. The largest absolute Gasteiger partial charge is 0.271 e. The number of nitriles is 1. The number of benzene rings is 2. The smallest absolute Gasteiger partial charge is 0.261 e. The van der Waals surface area contributed by atoms with Gasteiger partial charge in [0.1, 0.15) is 0 Å². The highest BCUT2D eigenvalue weighted by atomic mass is 35.5. The monoisotopic (exact) mass is 297 g/mol. The zero-order valence-electron chi connectivity index (χ0n) is 11.0. The van der Waals surface area contributed by atoms with Gasteiger partial charge in [0.25, 0.3) is 5.91 Å². The summed E-state index contributed by atoms with van der Waals surface area (Å²) in [6.45, 7) is 0. The molecule has 0 unspecified atom stereocenters. The fourth-order valence-electron chi connectivity index (χ4n) is 1.74. The molecule has 0 saturated carbocycles. The quantitative estimate of drug-likeness (QED) is 0.696. The normalized spacial score (nSPS) is 11.8. The van der Waals surface area contributed by atoms with Crippen LogP contribution in [-0.2, 0) is 4.79 Å². The number of hydrogen-bond donors (Lipinski definition) is 1. The molecule has 0 heterocycles. The summed E-state index contributed by atoms with van der Waals surface area (Å²) >= 11 is 5.97. The summed E-state index contributed by atoms with van der Waals surface area (Å²) in [6.07, 6.45) is 1.44. The van der Waals surface area contributed by atoms with Crippen molar-refractivity contribution in [3.8, 4) is 6.07 Å². The molecule has 0 aliphatic rings. The summed E-state index contributed by atoms with van der Waals surface area (Å²) in [5.41, 5.74) is 3.67. The van der Waals surface area contributed by atoms with Crippen LogP contribution in [0.1, 0.15) is 17.0 Å². The molecule has 2 rings (SSSR count). The minimum absolute atomic E-state index is 0.480. The van der Waals surface area contributed by atoms with Gasteiger partial charge < -0.3 is 0 Å². The highest BCUT2D eigenvalue weighted by Crippen LogP contribution is 2.15. The summed E-state index contributed by atoms with van der Waals surface area (Å²) in [7, 11) is 0. The van der Waals surface area contributed by atoms with Crippen LogP contribution in [0.5, 0.6) is 0 Å². The van der Waals surface area contributed by atoms with Gasteiger partial charge in [0.15, 0.2) is 5.92 Å². The van der Waals surface area contributed by atoms with Gasteiger partial charge in [-0.25, -0.2) is 5.43 Å². The zero-order valence-corrected chi connectivity index (χ0v) is 11.8. The van der Waals surface area contributed by atoms with Crippen LogP contribution >= 0.6 is 11.6 Å². The average Bonchev–Trinajstić information content (AvgIpc) is 2.51. The fourth-order valence-corrected chi connectivity index (χ4v) is 1.92. The number of amides is 1. The summed E-state index contributed by atoms with van der Waals surface area (Å²) in [5, 5.41) is 13.5. The second kappa shape index (κ2) is 7.22. The van der Waals surface area contributed by atoms with Crippen LogP contribution in [0, 0.1) is 11.3 Å². The molecule has 0 aliphatic heterocycles. The molecule has 0 saturated heterocycles. The third-order valence-electron chi connectivity index (χ3n) is 2.81. The molecule has 5 heteroatoms. The van der Waals surface area contributed by atoms with E-state index in [9.17, 15) is 4.79 Å². The average molecular weight is 298 g/mol. The molecule has 1 atom stereocenters. The lowest BCUT2D eigenvalue weighted by Gasteiger charge is -2.07. The van der Waals surface area contributed by atoms with Crippen molar-refractivity contribution in [1.82, 2.24) is 5.43 Å². The first kappa shape index (κ1) is 14.8. The molecular formula is C16H12ClN3O. The van der Waals surface area contributed by atoms with E-state index in [1.165, 1.54) is 6.21 Å². The Morgan fingerprint density at radius 1 is 1.19 bits per heavy atom. The predicted octanol–water partition coefficient (Wildman–Crippen LogP) is 3.10. The SMILES string of the molecule is N#C[C@@H](C(=O)N/N=C\c1ccccc1Cl)c1ccccc1. The van der Waals surface area contributed by atoms with E-state index < -0.39 is 11.8 Å². The van der Waals surface area contributed by atoms with E-state index in [-0.39, 0.29) is 0 Å². The van der Waals surface area contributed by atoms with Crippen LogP contribution in [0.3, 0.4) is 0 Å². The number of hydrogen-bond acceptors (Lipinski definition) is 3. The van der Waals surface area contributed by atoms with Crippen LogP contribution in [0.4, 0.5) is 0 Å². The van der Waals surface area contributed by atoms with Gasteiger partial charge >= 0.3 is 0 Å². The van der Waals surface area contributed by atoms with E-state index in [1.54, 1.807) is 42.5 Å². The van der Waals surface area contributed by atoms with Crippen LogP contribution < -0.4 is 5.43 Å². The first-order valence-electron chi connectivity index (χ1n) is 6.24. The summed E-state index contributed by atoms with van der Waals surface area (Å²) in [4.78, 5) is 12.0. The third kappa shape index (κ3) is 3.91. The molecule has 0 fully saturated rings. The zero-order chi connectivity index (χ0) is 15.1. The van der Waals surface area contributed by atoms with Crippen molar-refractivity contribution in [1.29, 1.82) is 5.26 Å². The van der Waals surface area contributed by atoms with Gasteiger partial charge in [-0.1, -0.05) is 60.1 Å². The van der Waals surface area contributed by atoms with Gasteiger partial charge in [-0.15, -0.1) is 0 Å². The van der Waals surface area contributed by atoms with Gasteiger partial charge in [0, 0.05) is 10.6 Å². The molecule has 4 nitrogen and oxygen atoms in total. The number of nitrogens with zero attached hydrogens (tertiary/aromatic N) is 2. The van der Waals surface area contributed by atoms with Gasteiger partial charge in [-0.05, 0) is 11.6 Å². The minimum Gasteiger partial charge on any atom is -0.271 e. The second-order valence-corrected chi connectivity index (χ2v) is 4.64. The van der Waals surface area contributed by atoms with E-state index in [2.05, 4.69) is 10.5 Å². The van der Waals surface area contributed by atoms with Gasteiger partial charge in [-0.3, -0.25) is 4.79 Å². The van der Waals surface area contributed by atoms with E-state index in [0.717, 1.165) is 0 Å². The molecule has 1 amide bonds. The van der Waals surface area contributed by atoms with E-state index in [0.29, 0.717) is 16.1 Å². The molecule has 104 valence electrons.